The Morgan fingerprint density at radius 1 is 1.11 bits per heavy atom. The van der Waals surface area contributed by atoms with Crippen molar-refractivity contribution in [2.24, 2.45) is 0 Å². The lowest BCUT2D eigenvalue weighted by Gasteiger charge is -2.48. The average molecular weight is 400 g/mol. The maximum absolute atomic E-state index is 12.4. The molecule has 28 heavy (non-hydrogen) atoms. The molecule has 0 spiro atoms. The first kappa shape index (κ1) is 20.9. The van der Waals surface area contributed by atoms with Gasteiger partial charge in [0, 0.05) is 25.2 Å². The molecule has 2 aliphatic rings. The maximum atomic E-state index is 12.4. The molecule has 0 bridgehead atoms. The summed E-state index contributed by atoms with van der Waals surface area (Å²) >= 11 is 0. The Labute approximate surface area is 163 Å². The normalized spacial score (nSPS) is 20.5. The largest absolute Gasteiger partial charge is 0.573 e. The van der Waals surface area contributed by atoms with Crippen molar-refractivity contribution in [2.45, 2.75) is 50.4 Å². The van der Waals surface area contributed by atoms with Crippen molar-refractivity contribution in [1.82, 2.24) is 10.2 Å². The monoisotopic (exact) mass is 400 g/mol. The fourth-order valence-electron chi connectivity index (χ4n) is 4.17. The zero-order valence-electron chi connectivity index (χ0n) is 15.9. The highest BCUT2D eigenvalue weighted by Crippen LogP contribution is 2.34. The van der Waals surface area contributed by atoms with E-state index in [0.29, 0.717) is 12.1 Å². The number of nitrogens with one attached hydrogen (secondary N) is 1. The summed E-state index contributed by atoms with van der Waals surface area (Å²) in [5, 5.41) is 3.06. The van der Waals surface area contributed by atoms with Gasteiger partial charge in [-0.2, -0.15) is 0 Å². The number of rotatable bonds is 6. The maximum Gasteiger partial charge on any atom is 0.573 e. The molecule has 1 N–H and O–H groups in total. The van der Waals surface area contributed by atoms with Crippen LogP contribution in [0.2, 0.25) is 0 Å². The molecule has 1 saturated carbocycles. The van der Waals surface area contributed by atoms with Crippen LogP contribution in [0.25, 0.3) is 0 Å². The molecule has 2 fully saturated rings. The van der Waals surface area contributed by atoms with Gasteiger partial charge in [-0.15, -0.1) is 13.2 Å². The van der Waals surface area contributed by atoms with Gasteiger partial charge in [-0.1, -0.05) is 31.4 Å². The molecule has 0 unspecified atom stereocenters. The summed E-state index contributed by atoms with van der Waals surface area (Å²) in [5.74, 6) is -0.409. The van der Waals surface area contributed by atoms with E-state index in [0.717, 1.165) is 52.0 Å². The van der Waals surface area contributed by atoms with Gasteiger partial charge in [0.05, 0.1) is 19.6 Å². The Hall–Kier alpha value is -1.80. The minimum Gasteiger partial charge on any atom is -0.406 e. The quantitative estimate of drug-likeness (QED) is 0.796. The molecule has 5 nitrogen and oxygen atoms in total. The van der Waals surface area contributed by atoms with Crippen molar-refractivity contribution in [3.63, 3.8) is 0 Å². The van der Waals surface area contributed by atoms with Crippen LogP contribution >= 0.6 is 0 Å². The number of nitrogens with zero attached hydrogens (tertiary/aromatic N) is 1. The minimum atomic E-state index is -4.72. The first-order chi connectivity index (χ1) is 13.4. The Balaban J connectivity index is 1.54. The number of halogens is 3. The summed E-state index contributed by atoms with van der Waals surface area (Å²) in [6, 6.07) is 5.43. The third-order valence-electron chi connectivity index (χ3n) is 5.60. The standard InChI is InChI=1S/C20H27F3N2O3/c21-20(22,23)28-17-6-4-16(5-7-17)14-18(26)24-15-19(8-2-1-3-9-19)25-10-12-27-13-11-25/h4-7H,1-3,8-15H2,(H,24,26). The lowest BCUT2D eigenvalue weighted by atomic mass is 9.79. The molecule has 3 rings (SSSR count). The summed E-state index contributed by atoms with van der Waals surface area (Å²) < 4.78 is 46.0. The van der Waals surface area contributed by atoms with E-state index in [-0.39, 0.29) is 23.6 Å². The van der Waals surface area contributed by atoms with E-state index in [9.17, 15) is 18.0 Å². The van der Waals surface area contributed by atoms with Gasteiger partial charge >= 0.3 is 6.36 Å². The van der Waals surface area contributed by atoms with Crippen LogP contribution in [-0.2, 0) is 16.0 Å². The van der Waals surface area contributed by atoms with E-state index in [2.05, 4.69) is 15.0 Å². The first-order valence-corrected chi connectivity index (χ1v) is 9.81. The van der Waals surface area contributed by atoms with Crippen LogP contribution in [0.15, 0.2) is 24.3 Å². The third kappa shape index (κ3) is 5.85. The second-order valence-electron chi connectivity index (χ2n) is 7.53. The summed E-state index contributed by atoms with van der Waals surface area (Å²) in [4.78, 5) is 14.9. The number of amides is 1. The third-order valence-corrected chi connectivity index (χ3v) is 5.60. The van der Waals surface area contributed by atoms with Crippen LogP contribution in [0.5, 0.6) is 5.75 Å². The van der Waals surface area contributed by atoms with E-state index in [4.69, 9.17) is 4.74 Å². The van der Waals surface area contributed by atoms with Crippen molar-refractivity contribution < 1.29 is 27.4 Å². The summed E-state index contributed by atoms with van der Waals surface area (Å²) in [6.45, 7) is 3.82. The first-order valence-electron chi connectivity index (χ1n) is 9.81. The molecule has 156 valence electrons. The van der Waals surface area contributed by atoms with Crippen LogP contribution in [0.1, 0.15) is 37.7 Å². The smallest absolute Gasteiger partial charge is 0.406 e. The molecule has 0 aromatic heterocycles. The lowest BCUT2D eigenvalue weighted by Crippen LogP contribution is -2.59. The van der Waals surface area contributed by atoms with Gasteiger partial charge in [-0.05, 0) is 30.5 Å². The number of morpholine rings is 1. The Bertz CT molecular complexity index is 637. The Morgan fingerprint density at radius 3 is 2.36 bits per heavy atom. The van der Waals surface area contributed by atoms with Crippen molar-refractivity contribution in [3.8, 4) is 5.75 Å². The van der Waals surface area contributed by atoms with Crippen LogP contribution in [0, 0.1) is 0 Å². The number of benzene rings is 1. The fourth-order valence-corrected chi connectivity index (χ4v) is 4.17. The zero-order chi connectivity index (χ0) is 20.0. The lowest BCUT2D eigenvalue weighted by molar-refractivity contribution is -0.274. The van der Waals surface area contributed by atoms with Gasteiger partial charge in [0.2, 0.25) is 5.91 Å². The van der Waals surface area contributed by atoms with Crippen LogP contribution in [0.4, 0.5) is 13.2 Å². The van der Waals surface area contributed by atoms with Gasteiger partial charge < -0.3 is 14.8 Å². The van der Waals surface area contributed by atoms with Crippen molar-refractivity contribution in [2.75, 3.05) is 32.8 Å². The second kappa shape index (κ2) is 9.13. The number of carbonyl (C=O) groups is 1. The van der Waals surface area contributed by atoms with E-state index in [1.54, 1.807) is 0 Å². The second-order valence-corrected chi connectivity index (χ2v) is 7.53. The van der Waals surface area contributed by atoms with Crippen molar-refractivity contribution >= 4 is 5.91 Å². The SMILES string of the molecule is O=C(Cc1ccc(OC(F)(F)F)cc1)NCC1(N2CCOCC2)CCCCC1. The summed E-state index contributed by atoms with van der Waals surface area (Å²) in [5.41, 5.74) is 0.637. The predicted octanol–water partition coefficient (Wildman–Crippen LogP) is 3.28. The van der Waals surface area contributed by atoms with Gasteiger partial charge in [0.1, 0.15) is 5.75 Å². The molecule has 0 atom stereocenters. The van der Waals surface area contributed by atoms with E-state index in [1.165, 1.54) is 30.7 Å². The number of alkyl halides is 3. The molecular formula is C20H27F3N2O3. The number of carbonyl (C=O) groups excluding carboxylic acids is 1. The van der Waals surface area contributed by atoms with Crippen LogP contribution in [-0.4, -0.2) is 55.6 Å². The Morgan fingerprint density at radius 2 is 1.75 bits per heavy atom. The van der Waals surface area contributed by atoms with Gasteiger partial charge in [-0.3, -0.25) is 9.69 Å². The van der Waals surface area contributed by atoms with Crippen LogP contribution < -0.4 is 10.1 Å². The zero-order valence-corrected chi connectivity index (χ0v) is 15.9. The highest BCUT2D eigenvalue weighted by molar-refractivity contribution is 5.78. The number of hydrogen-bond donors (Lipinski definition) is 1. The molecule has 1 aromatic carbocycles. The summed E-state index contributed by atoms with van der Waals surface area (Å²) in [6.07, 6.45) is 1.10. The van der Waals surface area contributed by atoms with Crippen LogP contribution in [0.3, 0.4) is 0 Å². The molecule has 1 aromatic rings. The van der Waals surface area contributed by atoms with E-state index < -0.39 is 6.36 Å². The molecule has 1 saturated heterocycles. The molecule has 1 amide bonds. The number of hydrogen-bond acceptors (Lipinski definition) is 4. The van der Waals surface area contributed by atoms with E-state index >= 15 is 0 Å². The molecular weight excluding hydrogens is 373 g/mol. The molecule has 1 aliphatic carbocycles. The molecule has 1 aliphatic heterocycles. The van der Waals surface area contributed by atoms with Gasteiger partial charge in [-0.25, -0.2) is 0 Å². The average Bonchev–Trinajstić information content (AvgIpc) is 2.68. The predicted molar refractivity (Wildman–Crippen MR) is 98.0 cm³/mol. The van der Waals surface area contributed by atoms with E-state index in [1.807, 2.05) is 0 Å². The summed E-state index contributed by atoms with van der Waals surface area (Å²) in [7, 11) is 0. The number of ether oxygens (including phenoxy) is 2. The van der Waals surface area contributed by atoms with Gasteiger partial charge in [0.15, 0.2) is 0 Å². The minimum absolute atomic E-state index is 0.0118. The molecule has 8 heteroatoms. The Kier molecular flexibility index (Phi) is 6.82. The highest BCUT2D eigenvalue weighted by atomic mass is 19.4. The fraction of sp³-hybridized carbons (Fsp3) is 0.650. The molecule has 1 heterocycles. The highest BCUT2D eigenvalue weighted by Gasteiger charge is 2.38. The van der Waals surface area contributed by atoms with Crippen molar-refractivity contribution in [1.29, 1.82) is 0 Å². The molecule has 0 radical (unpaired) electrons. The van der Waals surface area contributed by atoms with Crippen molar-refractivity contribution in [3.05, 3.63) is 29.8 Å². The topological polar surface area (TPSA) is 50.8 Å². The van der Waals surface area contributed by atoms with Gasteiger partial charge in [0.25, 0.3) is 0 Å².